The first kappa shape index (κ1) is 29.2. The Kier molecular flexibility index (Phi) is 10.0. The lowest BCUT2D eigenvalue weighted by Gasteiger charge is -2.32. The van der Waals surface area contributed by atoms with Gasteiger partial charge >= 0.3 is 0 Å². The Morgan fingerprint density at radius 1 is 0.805 bits per heavy atom. The molecule has 1 N–H and O–H groups in total. The van der Waals surface area contributed by atoms with Crippen LogP contribution < -0.4 is 5.32 Å². The van der Waals surface area contributed by atoms with Gasteiger partial charge in [0, 0.05) is 50.8 Å². The number of hydrogen-bond donors (Lipinski definition) is 1. The highest BCUT2D eigenvalue weighted by molar-refractivity contribution is 5.96. The molecule has 0 unspecified atom stereocenters. The van der Waals surface area contributed by atoms with Gasteiger partial charge in [0.25, 0.3) is 0 Å². The van der Waals surface area contributed by atoms with E-state index in [1.165, 1.54) is 40.7 Å². The van der Waals surface area contributed by atoms with Crippen molar-refractivity contribution in [2.24, 2.45) is 5.92 Å². The summed E-state index contributed by atoms with van der Waals surface area (Å²) in [7, 11) is 0. The van der Waals surface area contributed by atoms with Crippen molar-refractivity contribution in [3.8, 4) is 0 Å². The monoisotopic (exact) mass is 551 g/mol. The fourth-order valence-corrected chi connectivity index (χ4v) is 6.47. The Hall–Kier alpha value is -3.28. The number of para-hydroxylation sites is 1. The minimum absolute atomic E-state index is 0.0304. The van der Waals surface area contributed by atoms with Gasteiger partial charge in [-0.2, -0.15) is 0 Å². The summed E-state index contributed by atoms with van der Waals surface area (Å²) in [4.78, 5) is 29.7. The highest BCUT2D eigenvalue weighted by Gasteiger charge is 2.21. The van der Waals surface area contributed by atoms with Gasteiger partial charge in [-0.15, -0.1) is 0 Å². The first-order chi connectivity index (χ1) is 19.9. The number of benzene rings is 3. The lowest BCUT2D eigenvalue weighted by Crippen LogP contribution is -2.33. The molecule has 0 atom stereocenters. The van der Waals surface area contributed by atoms with Crippen LogP contribution in [0.2, 0.25) is 0 Å². The summed E-state index contributed by atoms with van der Waals surface area (Å²) in [5.74, 6) is 0.953. The average molecular weight is 552 g/mol. The van der Waals surface area contributed by atoms with Gasteiger partial charge in [0.1, 0.15) is 0 Å². The number of ketones is 1. The summed E-state index contributed by atoms with van der Waals surface area (Å²) in [5, 5.41) is 2.96. The van der Waals surface area contributed by atoms with Gasteiger partial charge in [-0.05, 0) is 104 Å². The molecule has 41 heavy (non-hydrogen) atoms. The zero-order chi connectivity index (χ0) is 28.6. The van der Waals surface area contributed by atoms with E-state index in [9.17, 15) is 9.59 Å². The van der Waals surface area contributed by atoms with Crippen molar-refractivity contribution in [3.63, 3.8) is 0 Å². The van der Waals surface area contributed by atoms with Gasteiger partial charge in [0.05, 0.1) is 0 Å². The minimum atomic E-state index is -0.0304. The molecule has 216 valence electrons. The zero-order valence-electron chi connectivity index (χ0n) is 24.8. The number of aryl methyl sites for hydroxylation is 1. The lowest BCUT2D eigenvalue weighted by atomic mass is 9.90. The number of fused-ring (bicyclic) bond motifs is 1. The molecule has 2 aliphatic heterocycles. The van der Waals surface area contributed by atoms with Gasteiger partial charge in [-0.25, -0.2) is 0 Å². The number of nitrogens with one attached hydrogen (secondary N) is 1. The van der Waals surface area contributed by atoms with Crippen molar-refractivity contribution in [1.82, 2.24) is 9.80 Å². The summed E-state index contributed by atoms with van der Waals surface area (Å²) in [5.41, 5.74) is 8.51. The second-order valence-electron chi connectivity index (χ2n) is 12.1. The minimum Gasteiger partial charge on any atom is -0.326 e. The van der Waals surface area contributed by atoms with Gasteiger partial charge in [-0.1, -0.05) is 54.6 Å². The van der Waals surface area contributed by atoms with Crippen molar-refractivity contribution in [3.05, 3.63) is 100 Å². The molecule has 1 saturated heterocycles. The fraction of sp³-hybridized carbons (Fsp3) is 0.444. The van der Waals surface area contributed by atoms with E-state index in [1.54, 1.807) is 6.92 Å². The first-order valence-corrected chi connectivity index (χ1v) is 15.4. The molecule has 1 fully saturated rings. The molecule has 0 saturated carbocycles. The number of nitrogens with zero attached hydrogens (tertiary/aromatic N) is 2. The average Bonchev–Trinajstić information content (AvgIpc) is 3.17. The van der Waals surface area contributed by atoms with E-state index in [4.69, 9.17) is 0 Å². The zero-order valence-corrected chi connectivity index (χ0v) is 24.8. The highest BCUT2D eigenvalue weighted by Crippen LogP contribution is 2.27. The van der Waals surface area contributed by atoms with Gasteiger partial charge in [-0.3, -0.25) is 19.4 Å². The van der Waals surface area contributed by atoms with E-state index in [2.05, 4.69) is 70.6 Å². The maximum atomic E-state index is 13.1. The Labute approximate surface area is 245 Å². The first-order valence-electron chi connectivity index (χ1n) is 15.4. The van der Waals surface area contributed by atoms with E-state index in [0.717, 1.165) is 76.2 Å². The summed E-state index contributed by atoms with van der Waals surface area (Å²) in [6.07, 6.45) is 7.14. The third kappa shape index (κ3) is 8.15. The molecule has 3 aromatic rings. The fourth-order valence-electron chi connectivity index (χ4n) is 6.47. The van der Waals surface area contributed by atoms with Crippen molar-refractivity contribution in [2.45, 2.75) is 71.9 Å². The van der Waals surface area contributed by atoms with Crippen LogP contribution in [-0.4, -0.2) is 47.7 Å². The Morgan fingerprint density at radius 2 is 1.46 bits per heavy atom. The smallest absolute Gasteiger partial charge is 0.221 e. The summed E-state index contributed by atoms with van der Waals surface area (Å²) >= 11 is 0. The van der Waals surface area contributed by atoms with Crippen molar-refractivity contribution < 1.29 is 9.59 Å². The molecule has 2 heterocycles. The van der Waals surface area contributed by atoms with Gasteiger partial charge < -0.3 is 5.32 Å². The summed E-state index contributed by atoms with van der Waals surface area (Å²) in [6.45, 7) is 9.85. The molecule has 0 aliphatic carbocycles. The molecule has 5 rings (SSSR count). The van der Waals surface area contributed by atoms with Crippen molar-refractivity contribution in [2.75, 3.05) is 31.5 Å². The highest BCUT2D eigenvalue weighted by atomic mass is 16.1. The van der Waals surface area contributed by atoms with Crippen LogP contribution in [0.15, 0.2) is 66.7 Å². The number of carbonyl (C=O) groups excluding carboxylic acids is 2. The number of likely N-dealkylation sites (tertiary alicyclic amines) is 1. The van der Waals surface area contributed by atoms with Crippen LogP contribution >= 0.6 is 0 Å². The Morgan fingerprint density at radius 3 is 2.22 bits per heavy atom. The molecular weight excluding hydrogens is 506 g/mol. The van der Waals surface area contributed by atoms with Crippen LogP contribution in [0.5, 0.6) is 0 Å². The largest absolute Gasteiger partial charge is 0.326 e. The van der Waals surface area contributed by atoms with Crippen LogP contribution in [0.1, 0.15) is 77.2 Å². The molecule has 5 nitrogen and oxygen atoms in total. The van der Waals surface area contributed by atoms with Gasteiger partial charge in [0.2, 0.25) is 5.91 Å². The van der Waals surface area contributed by atoms with Crippen molar-refractivity contribution >= 4 is 17.4 Å². The van der Waals surface area contributed by atoms with Crippen LogP contribution in [0.25, 0.3) is 0 Å². The summed E-state index contributed by atoms with van der Waals surface area (Å²) < 4.78 is 0. The molecule has 2 aliphatic rings. The maximum Gasteiger partial charge on any atom is 0.221 e. The molecule has 3 aromatic carbocycles. The predicted molar refractivity (Wildman–Crippen MR) is 167 cm³/mol. The van der Waals surface area contributed by atoms with Crippen LogP contribution in [0.3, 0.4) is 0 Å². The Balaban J connectivity index is 1.05. The standard InChI is InChI=1S/C36H45N3O2/c1-27-8-3-4-10-33(27)25-39-22-18-30-14-15-32(24-31(30)19-23-39)36(41)13-7-9-29-16-20-38(21-17-29)26-34-11-5-6-12-35(34)37-28(2)40/h3-6,8,10-12,14-15,24,29H,7,9,13,16-23,25-26H2,1-2H3,(H,37,40). The number of anilines is 1. The predicted octanol–water partition coefficient (Wildman–Crippen LogP) is 6.82. The SMILES string of the molecule is CC(=O)Nc1ccccc1CN1CCC(CCCC(=O)c2ccc3c(c2)CCN(Cc2ccccc2C)CC3)CC1. The third-order valence-electron chi connectivity index (χ3n) is 9.02. The van der Waals surface area contributed by atoms with E-state index in [-0.39, 0.29) is 5.91 Å². The number of piperidine rings is 1. The second-order valence-corrected chi connectivity index (χ2v) is 12.1. The van der Waals surface area contributed by atoms with Crippen LogP contribution in [0, 0.1) is 12.8 Å². The Bertz CT molecular complexity index is 1340. The van der Waals surface area contributed by atoms with E-state index in [1.807, 2.05) is 18.2 Å². The van der Waals surface area contributed by atoms with E-state index in [0.29, 0.717) is 18.1 Å². The van der Waals surface area contributed by atoms with Crippen LogP contribution in [-0.2, 0) is 30.7 Å². The number of Topliss-reactive ketones (excluding diaryl/α,β-unsaturated/α-hetero) is 1. The number of amides is 1. The topological polar surface area (TPSA) is 52.7 Å². The summed E-state index contributed by atoms with van der Waals surface area (Å²) in [6, 6.07) is 23.2. The number of carbonyl (C=O) groups is 2. The molecule has 5 heteroatoms. The maximum absolute atomic E-state index is 13.1. The molecule has 1 amide bonds. The molecule has 0 spiro atoms. The molecular formula is C36H45N3O2. The molecule has 0 radical (unpaired) electrons. The third-order valence-corrected chi connectivity index (χ3v) is 9.02. The number of rotatable bonds is 10. The quantitative estimate of drug-likeness (QED) is 0.281. The van der Waals surface area contributed by atoms with E-state index >= 15 is 0 Å². The second kappa shape index (κ2) is 14.1. The van der Waals surface area contributed by atoms with E-state index < -0.39 is 0 Å². The number of hydrogen-bond acceptors (Lipinski definition) is 4. The van der Waals surface area contributed by atoms with Crippen molar-refractivity contribution in [1.29, 1.82) is 0 Å². The van der Waals surface area contributed by atoms with Crippen LogP contribution in [0.4, 0.5) is 5.69 Å². The van der Waals surface area contributed by atoms with Gasteiger partial charge in [0.15, 0.2) is 5.78 Å². The lowest BCUT2D eigenvalue weighted by molar-refractivity contribution is -0.114. The normalized spacial score (nSPS) is 16.6. The molecule has 0 bridgehead atoms. The molecule has 0 aromatic heterocycles.